The molecule has 1 aliphatic carbocycles. The summed E-state index contributed by atoms with van der Waals surface area (Å²) in [5.74, 6) is -0.992. The van der Waals surface area contributed by atoms with Crippen LogP contribution in [0, 0.1) is 5.92 Å². The molecular formula is C17H20N4O4. The lowest BCUT2D eigenvalue weighted by molar-refractivity contribution is -0.137. The number of carboxylic acid groups (broad SMARTS) is 1. The Morgan fingerprint density at radius 2 is 2.08 bits per heavy atom. The predicted octanol–water partition coefficient (Wildman–Crippen LogP) is 1.28. The zero-order valence-corrected chi connectivity index (χ0v) is 13.7. The third-order valence-corrected chi connectivity index (χ3v) is 4.17. The summed E-state index contributed by atoms with van der Waals surface area (Å²) in [6.07, 6.45) is 3.16. The van der Waals surface area contributed by atoms with E-state index in [9.17, 15) is 14.4 Å². The summed E-state index contributed by atoms with van der Waals surface area (Å²) in [5, 5.41) is 16.9. The molecule has 0 bridgehead atoms. The second kappa shape index (κ2) is 6.92. The maximum absolute atomic E-state index is 12.0. The highest BCUT2D eigenvalue weighted by Crippen LogP contribution is 2.32. The Balaban J connectivity index is 1.88. The first-order valence-corrected chi connectivity index (χ1v) is 8.22. The lowest BCUT2D eigenvalue weighted by atomic mass is 10.1. The van der Waals surface area contributed by atoms with E-state index in [-0.39, 0.29) is 18.9 Å². The van der Waals surface area contributed by atoms with Gasteiger partial charge in [0, 0.05) is 30.3 Å². The molecule has 8 nitrogen and oxygen atoms in total. The van der Waals surface area contributed by atoms with Crippen molar-refractivity contribution in [1.29, 1.82) is 0 Å². The monoisotopic (exact) mass is 344 g/mol. The maximum atomic E-state index is 12.0. The van der Waals surface area contributed by atoms with Gasteiger partial charge < -0.3 is 16.2 Å². The molecule has 0 atom stereocenters. The van der Waals surface area contributed by atoms with Gasteiger partial charge in [0.05, 0.1) is 11.2 Å². The van der Waals surface area contributed by atoms with E-state index >= 15 is 0 Å². The highest BCUT2D eigenvalue weighted by Gasteiger charge is 2.24. The van der Waals surface area contributed by atoms with Crippen molar-refractivity contribution >= 4 is 34.4 Å². The predicted molar refractivity (Wildman–Crippen MR) is 90.9 cm³/mol. The quantitative estimate of drug-likeness (QED) is 0.664. The SMILES string of the molecule is NC(=O)CCc1nn(CC(=O)O)c2ccc(NC(=O)CC3CC3)cc12. The second-order valence-corrected chi connectivity index (χ2v) is 6.39. The van der Waals surface area contributed by atoms with Gasteiger partial charge in [0.25, 0.3) is 0 Å². The van der Waals surface area contributed by atoms with E-state index in [2.05, 4.69) is 10.4 Å². The molecule has 0 radical (unpaired) electrons. The molecule has 1 aliphatic rings. The van der Waals surface area contributed by atoms with Crippen molar-refractivity contribution in [3.63, 3.8) is 0 Å². The summed E-state index contributed by atoms with van der Waals surface area (Å²) in [6, 6.07) is 5.22. The Bertz CT molecular complexity index is 839. The lowest BCUT2D eigenvalue weighted by Gasteiger charge is -2.06. The number of primary amides is 1. The van der Waals surface area contributed by atoms with Gasteiger partial charge in [-0.05, 0) is 37.0 Å². The molecular weight excluding hydrogens is 324 g/mol. The van der Waals surface area contributed by atoms with Crippen LogP contribution in [0.3, 0.4) is 0 Å². The normalized spacial score (nSPS) is 13.8. The minimum Gasteiger partial charge on any atom is -0.480 e. The van der Waals surface area contributed by atoms with E-state index in [0.29, 0.717) is 41.0 Å². The van der Waals surface area contributed by atoms with Gasteiger partial charge in [0.15, 0.2) is 0 Å². The van der Waals surface area contributed by atoms with Crippen LogP contribution in [0.1, 0.15) is 31.4 Å². The number of aryl methyl sites for hydroxylation is 1. The van der Waals surface area contributed by atoms with E-state index in [1.165, 1.54) is 4.68 Å². The molecule has 8 heteroatoms. The molecule has 1 saturated carbocycles. The van der Waals surface area contributed by atoms with E-state index in [1.807, 2.05) is 0 Å². The van der Waals surface area contributed by atoms with Gasteiger partial charge in [-0.2, -0.15) is 5.10 Å². The van der Waals surface area contributed by atoms with E-state index < -0.39 is 11.9 Å². The third-order valence-electron chi connectivity index (χ3n) is 4.17. The van der Waals surface area contributed by atoms with Crippen molar-refractivity contribution in [2.45, 2.75) is 38.6 Å². The molecule has 1 heterocycles. The molecule has 0 saturated heterocycles. The molecule has 0 spiro atoms. The Kier molecular flexibility index (Phi) is 4.69. The summed E-state index contributed by atoms with van der Waals surface area (Å²) in [6.45, 7) is -0.277. The van der Waals surface area contributed by atoms with Gasteiger partial charge in [-0.1, -0.05) is 0 Å². The van der Waals surface area contributed by atoms with E-state index in [4.69, 9.17) is 10.8 Å². The number of fused-ring (bicyclic) bond motifs is 1. The Morgan fingerprint density at radius 1 is 1.32 bits per heavy atom. The average Bonchev–Trinajstić information content (AvgIpc) is 3.27. The number of carbonyl (C=O) groups is 3. The highest BCUT2D eigenvalue weighted by molar-refractivity contribution is 5.95. The summed E-state index contributed by atoms with van der Waals surface area (Å²) >= 11 is 0. The first-order valence-electron chi connectivity index (χ1n) is 8.22. The molecule has 132 valence electrons. The average molecular weight is 344 g/mol. The zero-order chi connectivity index (χ0) is 18.0. The van der Waals surface area contributed by atoms with Gasteiger partial charge in [0.2, 0.25) is 11.8 Å². The number of rotatable bonds is 8. The Hall–Kier alpha value is -2.90. The van der Waals surface area contributed by atoms with Crippen molar-refractivity contribution in [2.75, 3.05) is 5.32 Å². The number of amides is 2. The number of aliphatic carboxylic acids is 1. The Morgan fingerprint density at radius 3 is 2.72 bits per heavy atom. The number of anilines is 1. The van der Waals surface area contributed by atoms with E-state index in [1.54, 1.807) is 18.2 Å². The molecule has 0 unspecified atom stereocenters. The topological polar surface area (TPSA) is 127 Å². The molecule has 25 heavy (non-hydrogen) atoms. The fraction of sp³-hybridized carbons (Fsp3) is 0.412. The molecule has 2 amide bonds. The number of carbonyl (C=O) groups excluding carboxylic acids is 2. The molecule has 1 aromatic carbocycles. The van der Waals surface area contributed by atoms with Crippen molar-refractivity contribution in [3.05, 3.63) is 23.9 Å². The molecule has 1 fully saturated rings. The second-order valence-electron chi connectivity index (χ2n) is 6.39. The number of nitrogens with one attached hydrogen (secondary N) is 1. The van der Waals surface area contributed by atoms with Crippen molar-refractivity contribution in [2.24, 2.45) is 11.7 Å². The summed E-state index contributed by atoms with van der Waals surface area (Å²) < 4.78 is 1.38. The van der Waals surface area contributed by atoms with Crippen molar-refractivity contribution in [1.82, 2.24) is 9.78 Å². The number of nitrogens with zero attached hydrogens (tertiary/aromatic N) is 2. The van der Waals surface area contributed by atoms with Crippen LogP contribution in [-0.2, 0) is 27.3 Å². The van der Waals surface area contributed by atoms with Crippen LogP contribution >= 0.6 is 0 Å². The minimum atomic E-state index is -1.01. The van der Waals surface area contributed by atoms with Crippen LogP contribution in [0.25, 0.3) is 10.9 Å². The lowest BCUT2D eigenvalue weighted by Crippen LogP contribution is -2.12. The molecule has 3 rings (SSSR count). The third kappa shape index (κ3) is 4.34. The van der Waals surface area contributed by atoms with Crippen LogP contribution in [-0.4, -0.2) is 32.7 Å². The summed E-state index contributed by atoms with van der Waals surface area (Å²) in [5.41, 5.74) is 7.06. The fourth-order valence-electron chi connectivity index (χ4n) is 2.79. The first-order chi connectivity index (χ1) is 11.9. The first kappa shape index (κ1) is 16.9. The number of carboxylic acids is 1. The summed E-state index contributed by atoms with van der Waals surface area (Å²) in [4.78, 5) is 34.0. The largest absolute Gasteiger partial charge is 0.480 e. The molecule has 4 N–H and O–H groups in total. The van der Waals surface area contributed by atoms with Gasteiger partial charge in [-0.25, -0.2) is 0 Å². The number of aromatic nitrogens is 2. The van der Waals surface area contributed by atoms with Gasteiger partial charge >= 0.3 is 5.97 Å². The molecule has 2 aromatic rings. The van der Waals surface area contributed by atoms with Gasteiger partial charge in [0.1, 0.15) is 6.54 Å². The number of nitrogens with two attached hydrogens (primary N) is 1. The van der Waals surface area contributed by atoms with Crippen LogP contribution in [0.2, 0.25) is 0 Å². The van der Waals surface area contributed by atoms with Crippen LogP contribution < -0.4 is 11.1 Å². The zero-order valence-electron chi connectivity index (χ0n) is 13.7. The standard InChI is InChI=1S/C17H20N4O4/c18-15(22)6-4-13-12-8-11(19-16(23)7-10-1-2-10)3-5-14(12)21(20-13)9-17(24)25/h3,5,8,10H,1-2,4,6-7,9H2,(H2,18,22)(H,19,23)(H,24,25). The number of hydrogen-bond donors (Lipinski definition) is 3. The minimum absolute atomic E-state index is 0.0292. The fourth-order valence-corrected chi connectivity index (χ4v) is 2.79. The van der Waals surface area contributed by atoms with Gasteiger partial charge in [-0.15, -0.1) is 0 Å². The van der Waals surface area contributed by atoms with E-state index in [0.717, 1.165) is 12.8 Å². The smallest absolute Gasteiger partial charge is 0.325 e. The van der Waals surface area contributed by atoms with Crippen LogP contribution in [0.4, 0.5) is 5.69 Å². The van der Waals surface area contributed by atoms with Crippen LogP contribution in [0.5, 0.6) is 0 Å². The molecule has 1 aromatic heterocycles. The van der Waals surface area contributed by atoms with Crippen molar-refractivity contribution in [3.8, 4) is 0 Å². The summed E-state index contributed by atoms with van der Waals surface area (Å²) in [7, 11) is 0. The highest BCUT2D eigenvalue weighted by atomic mass is 16.4. The van der Waals surface area contributed by atoms with Crippen LogP contribution in [0.15, 0.2) is 18.2 Å². The van der Waals surface area contributed by atoms with Gasteiger partial charge in [-0.3, -0.25) is 19.1 Å². The number of benzene rings is 1. The Labute approximate surface area is 144 Å². The van der Waals surface area contributed by atoms with Crippen molar-refractivity contribution < 1.29 is 19.5 Å². The molecule has 0 aliphatic heterocycles. The number of hydrogen-bond acceptors (Lipinski definition) is 4. The maximum Gasteiger partial charge on any atom is 0.325 e.